The number of benzene rings is 5. The normalized spacial score (nSPS) is 21.7. The molecule has 0 radical (unpaired) electrons. The summed E-state index contributed by atoms with van der Waals surface area (Å²) < 4.78 is 23.1. The topological polar surface area (TPSA) is 420 Å². The van der Waals surface area contributed by atoms with Crippen LogP contribution < -0.4 is 96.1 Å². The Labute approximate surface area is 608 Å². The Morgan fingerprint density at radius 2 is 0.948 bits per heavy atom. The number of hydrogen-bond acceptors (Lipinski definition) is 22. The predicted molar refractivity (Wildman–Crippen MR) is 345 cm³/mol. The van der Waals surface area contributed by atoms with Gasteiger partial charge in [-0.2, -0.15) is 23.5 Å². The van der Waals surface area contributed by atoms with Gasteiger partial charge in [0.2, 0.25) is 29.4 Å². The first-order chi connectivity index (χ1) is 44.6. The molecule has 2 heterocycles. The Bertz CT molecular complexity index is 3290. The number of carboxylic acids is 1. The molecule has 2 fully saturated rings. The molecule has 0 aliphatic carbocycles. The first-order valence-corrected chi connectivity index (χ1v) is 32.5. The zero-order valence-corrected chi connectivity index (χ0v) is 59.3. The van der Waals surface area contributed by atoms with Gasteiger partial charge in [-0.05, 0) is 95.1 Å². The molecule has 12 atom stereocenters. The van der Waals surface area contributed by atoms with Gasteiger partial charge in [-0.25, -0.2) is 6.29 Å². The van der Waals surface area contributed by atoms with Crippen molar-refractivity contribution in [3.05, 3.63) is 145 Å². The molecular weight excluding hydrogens is 1310 g/mol. The molecule has 26 nitrogen and oxygen atoms in total. The third-order valence-electron chi connectivity index (χ3n) is 15.2. The van der Waals surface area contributed by atoms with Crippen molar-refractivity contribution in [2.45, 2.75) is 125 Å². The first kappa shape index (κ1) is 82.7. The molecule has 2 aliphatic rings. The van der Waals surface area contributed by atoms with Crippen molar-refractivity contribution in [2.75, 3.05) is 59.9 Å². The number of carboxylic acid groups (broad SMARTS) is 1. The SMILES string of the molecule is CC(=O)N[C@H]1[C@H]([C@H](O)[C@H](O)CNC(=O)c2ccc(-c3ccccc3)cc2)O[C@]([C-]=O)(OCCCSCCC(=O)Nc2ccc(NC(=O)CCSCCCO[C@]3(C(=O)[O-])C[C@H](O)[C@@H](NC(C)=O)[C@H]([C@H](O)[C@H](O)CNC(=O)c4ccc(-c5ccccc5)cc4)O3)cc2)C[C@@H]1O.[Na+].[Na+].[OH-]. The third kappa shape index (κ3) is 24.6. The van der Waals surface area contributed by atoms with Gasteiger partial charge >= 0.3 is 59.1 Å². The molecule has 13 N–H and O–H groups in total. The maximum absolute atomic E-state index is 13.0. The molecule has 30 heteroatoms. The third-order valence-corrected chi connectivity index (χ3v) is 17.3. The summed E-state index contributed by atoms with van der Waals surface area (Å²) in [6.45, 7) is 1.04. The van der Waals surface area contributed by atoms with Crippen LogP contribution in [0.5, 0.6) is 0 Å². The molecule has 6 amide bonds. The molecule has 2 aliphatic heterocycles. The number of hydrogen-bond donors (Lipinski definition) is 12. The summed E-state index contributed by atoms with van der Waals surface area (Å²) in [5.41, 5.74) is 5.17. The number of aliphatic hydroxyl groups excluding tert-OH is 6. The first-order valence-electron chi connectivity index (χ1n) is 30.2. The van der Waals surface area contributed by atoms with E-state index in [0.717, 1.165) is 29.2 Å². The fourth-order valence-electron chi connectivity index (χ4n) is 10.4. The molecule has 0 spiro atoms. The fraction of sp³-hybridized carbons (Fsp3) is 0.424. The molecule has 0 bridgehead atoms. The van der Waals surface area contributed by atoms with Crippen molar-refractivity contribution in [3.63, 3.8) is 0 Å². The average Bonchev–Trinajstić information content (AvgIpc) is 0.769. The summed E-state index contributed by atoms with van der Waals surface area (Å²) in [6, 6.07) is 36.3. The monoisotopic (exact) mass is 1390 g/mol. The van der Waals surface area contributed by atoms with Crippen LogP contribution in [0.25, 0.3) is 22.3 Å². The molecule has 2 saturated heterocycles. The molecule has 5 aromatic carbocycles. The second kappa shape index (κ2) is 41.0. The van der Waals surface area contributed by atoms with Crippen LogP contribution in [0.4, 0.5) is 11.4 Å². The Morgan fingerprint density at radius 1 is 0.562 bits per heavy atom. The minimum absolute atomic E-state index is 0. The van der Waals surface area contributed by atoms with Crippen LogP contribution in [0.3, 0.4) is 0 Å². The van der Waals surface area contributed by atoms with Crippen molar-refractivity contribution >= 4 is 82.6 Å². The van der Waals surface area contributed by atoms with Crippen LogP contribution >= 0.6 is 23.5 Å². The summed E-state index contributed by atoms with van der Waals surface area (Å²) in [5, 5.41) is 95.0. The Balaban J connectivity index is 0.00000653. The van der Waals surface area contributed by atoms with E-state index in [1.54, 1.807) is 79.1 Å². The van der Waals surface area contributed by atoms with Gasteiger partial charge < -0.3 is 102 Å². The van der Waals surface area contributed by atoms with Crippen LogP contribution in [0.2, 0.25) is 0 Å². The van der Waals surface area contributed by atoms with E-state index in [1.165, 1.54) is 30.4 Å². The summed E-state index contributed by atoms with van der Waals surface area (Å²) in [7, 11) is 0. The Hall–Kier alpha value is -5.68. The van der Waals surface area contributed by atoms with E-state index in [2.05, 4.69) is 31.9 Å². The van der Waals surface area contributed by atoms with Crippen LogP contribution in [0, 0.1) is 0 Å². The van der Waals surface area contributed by atoms with Crippen molar-refractivity contribution in [2.24, 2.45) is 0 Å². The second-order valence-corrected chi connectivity index (χ2v) is 24.7. The predicted octanol–water partition coefficient (Wildman–Crippen LogP) is -4.35. The molecule has 5 aromatic rings. The van der Waals surface area contributed by atoms with E-state index in [0.29, 0.717) is 46.4 Å². The van der Waals surface area contributed by atoms with Crippen molar-refractivity contribution in [3.8, 4) is 22.3 Å². The van der Waals surface area contributed by atoms with E-state index in [1.807, 2.05) is 60.7 Å². The molecule has 0 saturated carbocycles. The van der Waals surface area contributed by atoms with Gasteiger partial charge in [0.15, 0.2) is 0 Å². The number of carbonyl (C=O) groups is 7. The zero-order chi connectivity index (χ0) is 67.1. The molecule has 96 heavy (non-hydrogen) atoms. The van der Waals surface area contributed by atoms with Crippen molar-refractivity contribution in [1.82, 2.24) is 21.3 Å². The van der Waals surface area contributed by atoms with Crippen LogP contribution in [0.15, 0.2) is 133 Å². The van der Waals surface area contributed by atoms with E-state index in [4.69, 9.17) is 18.9 Å². The van der Waals surface area contributed by atoms with Gasteiger partial charge in [-0.3, -0.25) is 28.8 Å². The number of thioether (sulfide) groups is 2. The maximum Gasteiger partial charge on any atom is 1.00 e. The van der Waals surface area contributed by atoms with E-state index >= 15 is 0 Å². The second-order valence-electron chi connectivity index (χ2n) is 22.3. The quantitative estimate of drug-likeness (QED) is 0.0105. The summed E-state index contributed by atoms with van der Waals surface area (Å²) in [4.78, 5) is 101. The van der Waals surface area contributed by atoms with E-state index in [9.17, 15) is 74.1 Å². The van der Waals surface area contributed by atoms with Gasteiger partial charge in [-0.15, -0.1) is 0 Å². The van der Waals surface area contributed by atoms with Gasteiger partial charge in [0.1, 0.15) is 30.4 Å². The molecule has 7 rings (SSSR count). The number of aliphatic hydroxyl groups is 6. The number of carbonyl (C=O) groups excluding carboxylic acids is 8. The smallest absolute Gasteiger partial charge is 0.870 e. The number of rotatable bonds is 34. The standard InChI is InChI=1S/C66H79N6O19S2.2Na.H2O/c1-40(74)69-56-50(76)35-65(39-73,90-60(56)58(82)52(78)37-67-62(84)46-19-15-44(16-20-46)42-11-5-3-6-12-42)88-29-9-31-92-33-27-54(80)71-48-23-25-49(26-24-48)72-55(81)28-34-93-32-10-30-89-66(64(86)87)36-51(77)57(70-41(2)75)61(91-66)59(83)53(79)38-68-63(85)47-21-17-45(18-22-47)43-13-7-4-8-14-43;;;/h3-8,11-26,50-53,56-61,76-79,82-83H,9-10,27-38H2,1-2H3,(H,67,84)(H,68,85)(H,69,74)(H,70,75)(H,71,80)(H,72,81)(H,86,87);;;1H2/q-1;2*+1;/p-2/t50-,51-,52+,53+,56+,57+,58+,59+,60+,61+,65+,66+;;;/m0.../s1. The van der Waals surface area contributed by atoms with Gasteiger partial charge in [0.25, 0.3) is 11.8 Å². The molecule has 0 aromatic heterocycles. The minimum atomic E-state index is -2.60. The fourth-order valence-corrected chi connectivity index (χ4v) is 12.1. The van der Waals surface area contributed by atoms with Crippen LogP contribution in [-0.4, -0.2) is 206 Å². The number of aliphatic carboxylic acids is 1. The van der Waals surface area contributed by atoms with Gasteiger partial charge in [0, 0.05) is 93.2 Å². The summed E-state index contributed by atoms with van der Waals surface area (Å²) in [6.07, 6.45) is -12.3. The Morgan fingerprint density at radius 3 is 1.34 bits per heavy atom. The van der Waals surface area contributed by atoms with E-state index in [-0.39, 0.29) is 114 Å². The van der Waals surface area contributed by atoms with Crippen molar-refractivity contribution < 1.29 is 158 Å². The number of amides is 6. The number of nitrogens with one attached hydrogen (secondary N) is 6. The minimum Gasteiger partial charge on any atom is -0.870 e. The molecule has 0 unspecified atom stereocenters. The van der Waals surface area contributed by atoms with E-state index < -0.39 is 128 Å². The summed E-state index contributed by atoms with van der Waals surface area (Å²) in [5.74, 6) is -7.90. The van der Waals surface area contributed by atoms with Gasteiger partial charge in [0.05, 0.1) is 48.9 Å². The summed E-state index contributed by atoms with van der Waals surface area (Å²) >= 11 is 2.80. The zero-order valence-electron chi connectivity index (χ0n) is 53.6. The Kier molecular flexibility index (Phi) is 35.4. The van der Waals surface area contributed by atoms with Crippen LogP contribution in [-0.2, 0) is 47.7 Å². The van der Waals surface area contributed by atoms with Crippen molar-refractivity contribution in [1.29, 1.82) is 0 Å². The van der Waals surface area contributed by atoms with Gasteiger partial charge in [-0.1, -0.05) is 84.9 Å². The van der Waals surface area contributed by atoms with Crippen LogP contribution in [0.1, 0.15) is 73.1 Å². The average molecular weight is 1390 g/mol. The number of anilines is 2. The number of ether oxygens (including phenoxy) is 4. The molecule has 508 valence electrons. The maximum atomic E-state index is 13.0. The largest absolute Gasteiger partial charge is 1.00 e. The molecular formula is C66H79N6Na2O20S2-.